The predicted molar refractivity (Wildman–Crippen MR) is 91.8 cm³/mol. The highest BCUT2D eigenvalue weighted by Crippen LogP contribution is 2.11. The molecule has 0 bridgehead atoms. The Balaban J connectivity index is 3.14. The number of quaternary nitrogens is 1. The van der Waals surface area contributed by atoms with E-state index in [2.05, 4.69) is 26.3 Å². The second kappa shape index (κ2) is 15.8. The number of unbranched alkanes of at least 4 members (excludes halogenated alkanes) is 9. The van der Waals surface area contributed by atoms with E-state index < -0.39 is 0 Å². The Bertz CT molecular complexity index is 229. The van der Waals surface area contributed by atoms with Crippen LogP contribution in [0.25, 0.3) is 0 Å². The molecule has 0 aromatic heterocycles. The summed E-state index contributed by atoms with van der Waals surface area (Å²) in [5.74, 6) is 0.239. The van der Waals surface area contributed by atoms with Crippen molar-refractivity contribution in [3.8, 4) is 0 Å². The van der Waals surface area contributed by atoms with E-state index in [0.29, 0.717) is 6.42 Å². The molecule has 0 saturated heterocycles. The highest BCUT2D eigenvalue weighted by molar-refractivity contribution is 5.75. The molecule has 0 aromatic carbocycles. The van der Waals surface area contributed by atoms with Crippen molar-refractivity contribution >= 4 is 5.91 Å². The van der Waals surface area contributed by atoms with Gasteiger partial charge in [0.25, 0.3) is 0 Å². The Labute approximate surface area is 132 Å². The first kappa shape index (κ1) is 20.4. The molecular weight excluding hydrogens is 260 g/mol. The van der Waals surface area contributed by atoms with Crippen molar-refractivity contribution in [1.29, 1.82) is 0 Å². The fourth-order valence-corrected chi connectivity index (χ4v) is 2.53. The average Bonchev–Trinajstić information content (AvgIpc) is 2.45. The van der Waals surface area contributed by atoms with E-state index in [9.17, 15) is 4.79 Å². The van der Waals surface area contributed by atoms with Gasteiger partial charge in [-0.05, 0) is 6.42 Å². The van der Waals surface area contributed by atoms with Crippen LogP contribution in [0.2, 0.25) is 0 Å². The zero-order chi connectivity index (χ0) is 15.8. The standard InChI is InChI=1S/C18H38N2O/c1-4-5-6-7-8-9-10-11-12-13-15-18(21)19-16-14-17-20(2)3/h4-17H2,1-3H3,(H,19,21)/p+1. The molecule has 21 heavy (non-hydrogen) atoms. The average molecular weight is 300 g/mol. The molecular formula is C18H39N2O+. The molecule has 0 fully saturated rings. The second-order valence-corrected chi connectivity index (χ2v) is 6.59. The Morgan fingerprint density at radius 1 is 0.810 bits per heavy atom. The van der Waals surface area contributed by atoms with Crippen molar-refractivity contribution in [2.24, 2.45) is 0 Å². The summed E-state index contributed by atoms with van der Waals surface area (Å²) in [7, 11) is 4.29. The van der Waals surface area contributed by atoms with Crippen LogP contribution in [0.5, 0.6) is 0 Å². The smallest absolute Gasteiger partial charge is 0.219 e. The molecule has 0 atom stereocenters. The molecule has 0 heterocycles. The van der Waals surface area contributed by atoms with E-state index >= 15 is 0 Å². The molecule has 0 aliphatic carbocycles. The van der Waals surface area contributed by atoms with Gasteiger partial charge in [0.15, 0.2) is 0 Å². The van der Waals surface area contributed by atoms with E-state index in [0.717, 1.165) is 25.9 Å². The summed E-state index contributed by atoms with van der Waals surface area (Å²) in [6, 6.07) is 0. The molecule has 0 aliphatic heterocycles. The maximum Gasteiger partial charge on any atom is 0.219 e. The lowest BCUT2D eigenvalue weighted by molar-refractivity contribution is -0.858. The fourth-order valence-electron chi connectivity index (χ4n) is 2.53. The Hall–Kier alpha value is -0.570. The van der Waals surface area contributed by atoms with Gasteiger partial charge in [0.1, 0.15) is 0 Å². The van der Waals surface area contributed by atoms with Gasteiger partial charge < -0.3 is 10.2 Å². The molecule has 3 nitrogen and oxygen atoms in total. The van der Waals surface area contributed by atoms with Gasteiger partial charge in [-0.3, -0.25) is 4.79 Å². The first-order valence-electron chi connectivity index (χ1n) is 9.22. The first-order valence-corrected chi connectivity index (χ1v) is 9.22. The zero-order valence-corrected chi connectivity index (χ0v) is 14.8. The molecule has 0 aromatic rings. The van der Waals surface area contributed by atoms with Crippen molar-refractivity contribution in [2.75, 3.05) is 27.2 Å². The second-order valence-electron chi connectivity index (χ2n) is 6.59. The number of carbonyl (C=O) groups is 1. The number of hydrogen-bond donors (Lipinski definition) is 2. The number of carbonyl (C=O) groups excluding carboxylic acids is 1. The topological polar surface area (TPSA) is 33.5 Å². The Kier molecular flexibility index (Phi) is 15.4. The van der Waals surface area contributed by atoms with Gasteiger partial charge in [-0.25, -0.2) is 0 Å². The summed E-state index contributed by atoms with van der Waals surface area (Å²) in [4.78, 5) is 13.0. The van der Waals surface area contributed by atoms with Crippen LogP contribution in [0.1, 0.15) is 84.0 Å². The van der Waals surface area contributed by atoms with Crippen molar-refractivity contribution in [3.05, 3.63) is 0 Å². The molecule has 126 valence electrons. The zero-order valence-electron chi connectivity index (χ0n) is 14.8. The lowest BCUT2D eigenvalue weighted by Gasteiger charge is -2.08. The van der Waals surface area contributed by atoms with Crippen molar-refractivity contribution < 1.29 is 9.69 Å². The highest BCUT2D eigenvalue weighted by Gasteiger charge is 2.01. The van der Waals surface area contributed by atoms with Crippen molar-refractivity contribution in [1.82, 2.24) is 5.32 Å². The van der Waals surface area contributed by atoms with Crippen LogP contribution in [0.15, 0.2) is 0 Å². The summed E-state index contributed by atoms with van der Waals surface area (Å²) in [6.45, 7) is 4.22. The fraction of sp³-hybridized carbons (Fsp3) is 0.944. The van der Waals surface area contributed by atoms with Crippen LogP contribution in [-0.2, 0) is 4.79 Å². The summed E-state index contributed by atoms with van der Waals surface area (Å²) in [6.07, 6.45) is 15.0. The van der Waals surface area contributed by atoms with Gasteiger partial charge in [-0.1, -0.05) is 64.7 Å². The third-order valence-electron chi connectivity index (χ3n) is 3.93. The van der Waals surface area contributed by atoms with Gasteiger partial charge >= 0.3 is 0 Å². The summed E-state index contributed by atoms with van der Waals surface area (Å²) < 4.78 is 0. The molecule has 0 aliphatic rings. The van der Waals surface area contributed by atoms with E-state index in [4.69, 9.17) is 0 Å². The van der Waals surface area contributed by atoms with Crippen LogP contribution in [-0.4, -0.2) is 33.1 Å². The largest absolute Gasteiger partial charge is 0.356 e. The van der Waals surface area contributed by atoms with Gasteiger partial charge in [0.2, 0.25) is 5.91 Å². The lowest BCUT2D eigenvalue weighted by atomic mass is 10.1. The van der Waals surface area contributed by atoms with E-state index in [1.165, 1.54) is 62.7 Å². The predicted octanol–water partition coefficient (Wildman–Crippen LogP) is 2.95. The van der Waals surface area contributed by atoms with Crippen LogP contribution < -0.4 is 10.2 Å². The lowest BCUT2D eigenvalue weighted by Crippen LogP contribution is -3.05. The third-order valence-corrected chi connectivity index (χ3v) is 3.93. The number of hydrogen-bond acceptors (Lipinski definition) is 1. The number of nitrogens with one attached hydrogen (secondary N) is 2. The van der Waals surface area contributed by atoms with E-state index in [1.54, 1.807) is 0 Å². The molecule has 0 unspecified atom stereocenters. The molecule has 0 rings (SSSR count). The molecule has 0 spiro atoms. The first-order chi connectivity index (χ1) is 10.2. The molecule has 0 saturated carbocycles. The normalized spacial score (nSPS) is 11.0. The third kappa shape index (κ3) is 17.4. The van der Waals surface area contributed by atoms with Gasteiger partial charge in [0.05, 0.1) is 20.6 Å². The molecule has 0 radical (unpaired) electrons. The van der Waals surface area contributed by atoms with E-state index in [-0.39, 0.29) is 5.91 Å². The van der Waals surface area contributed by atoms with Gasteiger partial charge in [-0.2, -0.15) is 0 Å². The quantitative estimate of drug-likeness (QED) is 0.448. The van der Waals surface area contributed by atoms with Crippen molar-refractivity contribution in [2.45, 2.75) is 84.0 Å². The van der Waals surface area contributed by atoms with Gasteiger partial charge in [-0.15, -0.1) is 0 Å². The minimum atomic E-state index is 0.239. The Morgan fingerprint density at radius 3 is 1.86 bits per heavy atom. The van der Waals surface area contributed by atoms with Crippen molar-refractivity contribution in [3.63, 3.8) is 0 Å². The maximum absolute atomic E-state index is 11.6. The van der Waals surface area contributed by atoms with Crippen LogP contribution in [0.3, 0.4) is 0 Å². The minimum Gasteiger partial charge on any atom is -0.356 e. The Morgan fingerprint density at radius 2 is 1.33 bits per heavy atom. The highest BCUT2D eigenvalue weighted by atomic mass is 16.1. The van der Waals surface area contributed by atoms with Crippen LogP contribution in [0, 0.1) is 0 Å². The van der Waals surface area contributed by atoms with E-state index in [1.807, 2.05) is 0 Å². The molecule has 2 N–H and O–H groups in total. The van der Waals surface area contributed by atoms with Crippen LogP contribution >= 0.6 is 0 Å². The summed E-state index contributed by atoms with van der Waals surface area (Å²) in [5.41, 5.74) is 0. The molecule has 1 amide bonds. The van der Waals surface area contributed by atoms with Crippen LogP contribution in [0.4, 0.5) is 0 Å². The minimum absolute atomic E-state index is 0.239. The summed E-state index contributed by atoms with van der Waals surface area (Å²) >= 11 is 0. The number of amides is 1. The summed E-state index contributed by atoms with van der Waals surface area (Å²) in [5, 5.41) is 3.02. The van der Waals surface area contributed by atoms with Gasteiger partial charge in [0, 0.05) is 19.4 Å². The monoisotopic (exact) mass is 299 g/mol. The SMILES string of the molecule is CCCCCCCCCCCCC(=O)NCCC[NH+](C)C. The maximum atomic E-state index is 11.6. The molecule has 3 heteroatoms. The number of rotatable bonds is 15.